The maximum Gasteiger partial charge on any atom is 0.0955 e. The van der Waals surface area contributed by atoms with Gasteiger partial charge < -0.3 is 4.90 Å². The van der Waals surface area contributed by atoms with E-state index in [0.717, 1.165) is 6.42 Å². The van der Waals surface area contributed by atoms with Crippen LogP contribution < -0.4 is 4.90 Å². The van der Waals surface area contributed by atoms with Crippen LogP contribution in [0.3, 0.4) is 0 Å². The molecule has 0 unspecified atom stereocenters. The number of rotatable bonds is 2. The van der Waals surface area contributed by atoms with Crippen molar-refractivity contribution in [1.82, 2.24) is 10.2 Å². The fourth-order valence-electron chi connectivity index (χ4n) is 3.36. The fraction of sp³-hybridized carbons (Fsp3) is 0.438. The van der Waals surface area contributed by atoms with Crippen LogP contribution in [0.4, 0.5) is 5.69 Å². The lowest BCUT2D eigenvalue weighted by Crippen LogP contribution is -2.17. The van der Waals surface area contributed by atoms with Crippen molar-refractivity contribution >= 4 is 5.69 Å². The second kappa shape index (κ2) is 4.41. The molecular formula is C16H19N3. The molecule has 0 atom stereocenters. The standard InChI is InChI=1S/C16H19N3/c1-2-11-19(10-1)13-8-6-12(7-9-13)16-14-4-3-5-15(14)17-18-16/h6-9H,1-5,10-11H2,(H,17,18). The minimum Gasteiger partial charge on any atom is -0.372 e. The van der Waals surface area contributed by atoms with E-state index in [9.17, 15) is 0 Å². The molecule has 2 aliphatic rings. The second-order valence-electron chi connectivity index (χ2n) is 5.62. The van der Waals surface area contributed by atoms with Gasteiger partial charge in [0.2, 0.25) is 0 Å². The molecule has 1 N–H and O–H groups in total. The number of aromatic amines is 1. The molecule has 1 aliphatic heterocycles. The first-order valence-electron chi connectivity index (χ1n) is 7.33. The molecule has 1 saturated heterocycles. The van der Waals surface area contributed by atoms with Gasteiger partial charge in [-0.05, 0) is 44.2 Å². The second-order valence-corrected chi connectivity index (χ2v) is 5.62. The molecule has 0 spiro atoms. The number of benzene rings is 1. The topological polar surface area (TPSA) is 31.9 Å². The van der Waals surface area contributed by atoms with E-state index < -0.39 is 0 Å². The summed E-state index contributed by atoms with van der Waals surface area (Å²) in [6, 6.07) is 8.94. The molecule has 0 saturated carbocycles. The zero-order valence-electron chi connectivity index (χ0n) is 11.2. The molecule has 19 heavy (non-hydrogen) atoms. The molecule has 1 aromatic heterocycles. The third-order valence-corrected chi connectivity index (χ3v) is 4.42. The largest absolute Gasteiger partial charge is 0.372 e. The zero-order chi connectivity index (χ0) is 12.7. The molecule has 1 aliphatic carbocycles. The predicted octanol–water partition coefficient (Wildman–Crippen LogP) is 3.17. The number of nitrogens with zero attached hydrogens (tertiary/aromatic N) is 2. The van der Waals surface area contributed by atoms with Gasteiger partial charge in [0.15, 0.2) is 0 Å². The molecule has 0 bridgehead atoms. The van der Waals surface area contributed by atoms with E-state index in [1.807, 2.05) is 0 Å². The van der Waals surface area contributed by atoms with Crippen molar-refractivity contribution in [1.29, 1.82) is 0 Å². The molecule has 1 aromatic carbocycles. The van der Waals surface area contributed by atoms with Crippen LogP contribution in [-0.2, 0) is 12.8 Å². The average Bonchev–Trinajstić information content (AvgIpc) is 3.16. The Morgan fingerprint density at radius 1 is 0.947 bits per heavy atom. The van der Waals surface area contributed by atoms with Gasteiger partial charge in [0.25, 0.3) is 0 Å². The number of nitrogens with one attached hydrogen (secondary N) is 1. The molecule has 0 radical (unpaired) electrons. The first kappa shape index (κ1) is 11.1. The average molecular weight is 253 g/mol. The summed E-state index contributed by atoms with van der Waals surface area (Å²) >= 11 is 0. The van der Waals surface area contributed by atoms with Crippen molar-refractivity contribution < 1.29 is 0 Å². The fourth-order valence-corrected chi connectivity index (χ4v) is 3.36. The third-order valence-electron chi connectivity index (χ3n) is 4.42. The molecule has 2 aromatic rings. The Morgan fingerprint density at radius 2 is 1.74 bits per heavy atom. The molecule has 2 heterocycles. The van der Waals surface area contributed by atoms with Gasteiger partial charge in [-0.1, -0.05) is 12.1 Å². The Hall–Kier alpha value is -1.77. The molecule has 0 amide bonds. The van der Waals surface area contributed by atoms with Gasteiger partial charge in [-0.15, -0.1) is 0 Å². The number of hydrogen-bond donors (Lipinski definition) is 1. The summed E-state index contributed by atoms with van der Waals surface area (Å²) in [4.78, 5) is 2.47. The quantitative estimate of drug-likeness (QED) is 0.891. The Morgan fingerprint density at radius 3 is 2.53 bits per heavy atom. The number of aromatic nitrogens is 2. The molecular weight excluding hydrogens is 234 g/mol. The lowest BCUT2D eigenvalue weighted by Gasteiger charge is -2.17. The lowest BCUT2D eigenvalue weighted by atomic mass is 10.1. The van der Waals surface area contributed by atoms with Crippen LogP contribution in [-0.4, -0.2) is 23.3 Å². The normalized spacial score (nSPS) is 18.0. The summed E-state index contributed by atoms with van der Waals surface area (Å²) in [5, 5.41) is 7.69. The summed E-state index contributed by atoms with van der Waals surface area (Å²) in [5.74, 6) is 0. The van der Waals surface area contributed by atoms with Crippen molar-refractivity contribution in [3.63, 3.8) is 0 Å². The Bertz CT molecular complexity index is 577. The van der Waals surface area contributed by atoms with Crippen molar-refractivity contribution in [3.05, 3.63) is 35.5 Å². The Balaban J connectivity index is 1.64. The van der Waals surface area contributed by atoms with Crippen LogP contribution in [0.15, 0.2) is 24.3 Å². The van der Waals surface area contributed by atoms with E-state index >= 15 is 0 Å². The summed E-state index contributed by atoms with van der Waals surface area (Å²) in [5.41, 5.74) is 6.56. The predicted molar refractivity (Wildman–Crippen MR) is 77.5 cm³/mol. The highest BCUT2D eigenvalue weighted by molar-refractivity contribution is 5.67. The SMILES string of the molecule is c1cc(N2CCCC2)ccc1-c1n[nH]c2c1CCC2. The van der Waals surface area contributed by atoms with E-state index in [2.05, 4.69) is 39.4 Å². The van der Waals surface area contributed by atoms with Crippen molar-refractivity contribution in [3.8, 4) is 11.3 Å². The van der Waals surface area contributed by atoms with E-state index in [-0.39, 0.29) is 0 Å². The maximum absolute atomic E-state index is 4.50. The molecule has 4 rings (SSSR count). The zero-order valence-corrected chi connectivity index (χ0v) is 11.2. The van der Waals surface area contributed by atoms with Gasteiger partial charge in [-0.2, -0.15) is 5.10 Å². The summed E-state index contributed by atoms with van der Waals surface area (Å²) in [6.07, 6.45) is 6.26. The Kier molecular flexibility index (Phi) is 2.57. The maximum atomic E-state index is 4.50. The van der Waals surface area contributed by atoms with Crippen LogP contribution in [0.5, 0.6) is 0 Å². The highest BCUT2D eigenvalue weighted by Crippen LogP contribution is 2.31. The number of H-pyrrole nitrogens is 1. The van der Waals surface area contributed by atoms with E-state index in [4.69, 9.17) is 0 Å². The van der Waals surface area contributed by atoms with Crippen molar-refractivity contribution in [2.24, 2.45) is 0 Å². The van der Waals surface area contributed by atoms with Crippen LogP contribution in [0, 0.1) is 0 Å². The Labute approximate surface area is 113 Å². The van der Waals surface area contributed by atoms with Crippen LogP contribution >= 0.6 is 0 Å². The minimum absolute atomic E-state index is 1.16. The third kappa shape index (κ3) is 1.84. The van der Waals surface area contributed by atoms with E-state index in [0.29, 0.717) is 0 Å². The first-order chi connectivity index (χ1) is 9.42. The van der Waals surface area contributed by atoms with Crippen molar-refractivity contribution in [2.75, 3.05) is 18.0 Å². The van der Waals surface area contributed by atoms with Crippen LogP contribution in [0.2, 0.25) is 0 Å². The van der Waals surface area contributed by atoms with Crippen LogP contribution in [0.1, 0.15) is 30.5 Å². The summed E-state index contributed by atoms with van der Waals surface area (Å²) in [7, 11) is 0. The van der Waals surface area contributed by atoms with Gasteiger partial charge in [0, 0.05) is 35.6 Å². The van der Waals surface area contributed by atoms with Gasteiger partial charge in [-0.3, -0.25) is 5.10 Å². The number of fused-ring (bicyclic) bond motifs is 1. The number of anilines is 1. The monoisotopic (exact) mass is 253 g/mol. The number of hydrogen-bond acceptors (Lipinski definition) is 2. The molecule has 98 valence electrons. The molecule has 1 fully saturated rings. The van der Waals surface area contributed by atoms with Gasteiger partial charge in [0.1, 0.15) is 0 Å². The first-order valence-corrected chi connectivity index (χ1v) is 7.33. The number of aryl methyl sites for hydroxylation is 1. The lowest BCUT2D eigenvalue weighted by molar-refractivity contribution is 0.867. The smallest absolute Gasteiger partial charge is 0.0955 e. The van der Waals surface area contributed by atoms with Gasteiger partial charge in [-0.25, -0.2) is 0 Å². The highest BCUT2D eigenvalue weighted by atomic mass is 15.1. The van der Waals surface area contributed by atoms with E-state index in [1.54, 1.807) is 0 Å². The minimum atomic E-state index is 1.16. The van der Waals surface area contributed by atoms with E-state index in [1.165, 1.54) is 67.0 Å². The molecule has 3 nitrogen and oxygen atoms in total. The highest BCUT2D eigenvalue weighted by Gasteiger charge is 2.19. The summed E-state index contributed by atoms with van der Waals surface area (Å²) in [6.45, 7) is 2.41. The van der Waals surface area contributed by atoms with Gasteiger partial charge in [0.05, 0.1) is 5.69 Å². The van der Waals surface area contributed by atoms with Crippen molar-refractivity contribution in [2.45, 2.75) is 32.1 Å². The summed E-state index contributed by atoms with van der Waals surface area (Å²) < 4.78 is 0. The van der Waals surface area contributed by atoms with Gasteiger partial charge >= 0.3 is 0 Å². The molecule has 3 heteroatoms. The van der Waals surface area contributed by atoms with Crippen LogP contribution in [0.25, 0.3) is 11.3 Å².